The predicted octanol–water partition coefficient (Wildman–Crippen LogP) is 3.04. The number of ketones is 1. The van der Waals surface area contributed by atoms with E-state index in [1.165, 1.54) is 17.0 Å². The number of allylic oxidation sites excluding steroid dienone is 2. The molecule has 0 spiro atoms. The molecule has 8 nitrogen and oxygen atoms in total. The van der Waals surface area contributed by atoms with Crippen LogP contribution >= 0.6 is 11.3 Å². The highest BCUT2D eigenvalue weighted by Gasteiger charge is 2.39. The highest BCUT2D eigenvalue weighted by Crippen LogP contribution is 2.44. The number of hydrogen-bond acceptors (Lipinski definition) is 7. The number of carboxylic acid groups (broad SMARTS) is 1. The third-order valence-corrected chi connectivity index (χ3v) is 6.39. The number of nitrogens with two attached hydrogens (primary N) is 1. The van der Waals surface area contributed by atoms with Gasteiger partial charge in [0.2, 0.25) is 11.9 Å². The van der Waals surface area contributed by atoms with E-state index in [0.717, 1.165) is 11.3 Å². The molecule has 5 rings (SSSR count). The van der Waals surface area contributed by atoms with Gasteiger partial charge in [-0.15, -0.1) is 16.4 Å². The van der Waals surface area contributed by atoms with Crippen molar-refractivity contribution in [2.45, 2.75) is 24.8 Å². The van der Waals surface area contributed by atoms with Crippen LogP contribution in [0.3, 0.4) is 0 Å². The Labute approximate surface area is 169 Å². The SMILES string of the molecule is Nc1nc2n(n1)C(c1ccc(C(=O)O)cc1)C1=C(CC(c3cccs3)CC1=O)N2. The van der Waals surface area contributed by atoms with Crippen LogP contribution in [0.4, 0.5) is 11.9 Å². The molecule has 0 amide bonds. The highest BCUT2D eigenvalue weighted by atomic mass is 32.1. The molecule has 2 unspecified atom stereocenters. The smallest absolute Gasteiger partial charge is 0.335 e. The van der Waals surface area contributed by atoms with Gasteiger partial charge in [-0.3, -0.25) is 4.79 Å². The lowest BCUT2D eigenvalue weighted by Crippen LogP contribution is -2.33. The number of thiophene rings is 1. The van der Waals surface area contributed by atoms with E-state index in [0.29, 0.717) is 24.4 Å². The molecule has 0 bridgehead atoms. The number of carboxylic acids is 1. The van der Waals surface area contributed by atoms with Crippen LogP contribution in [0.5, 0.6) is 0 Å². The van der Waals surface area contributed by atoms with E-state index < -0.39 is 12.0 Å². The van der Waals surface area contributed by atoms with Crippen LogP contribution < -0.4 is 11.1 Å². The summed E-state index contributed by atoms with van der Waals surface area (Å²) < 4.78 is 1.60. The second-order valence-corrected chi connectivity index (χ2v) is 8.11. The van der Waals surface area contributed by atoms with Crippen molar-refractivity contribution >= 4 is 35.0 Å². The molecule has 3 aromatic rings. The van der Waals surface area contributed by atoms with Crippen molar-refractivity contribution in [2.24, 2.45) is 0 Å². The Bertz CT molecular complexity index is 1150. The van der Waals surface area contributed by atoms with Crippen LogP contribution in [0.25, 0.3) is 0 Å². The molecule has 1 aliphatic carbocycles. The first-order valence-electron chi connectivity index (χ1n) is 9.13. The van der Waals surface area contributed by atoms with Crippen molar-refractivity contribution in [3.05, 3.63) is 69.1 Å². The van der Waals surface area contributed by atoms with Crippen LogP contribution in [0, 0.1) is 0 Å². The van der Waals surface area contributed by atoms with Gasteiger partial charge in [0.05, 0.1) is 5.56 Å². The molecular weight excluding hydrogens is 390 g/mol. The minimum atomic E-state index is -1.00. The summed E-state index contributed by atoms with van der Waals surface area (Å²) in [6.07, 6.45) is 1.11. The predicted molar refractivity (Wildman–Crippen MR) is 108 cm³/mol. The molecule has 1 aromatic carbocycles. The minimum Gasteiger partial charge on any atom is -0.478 e. The molecule has 0 saturated heterocycles. The molecule has 2 aliphatic rings. The number of aromatic carboxylic acids is 1. The van der Waals surface area contributed by atoms with Gasteiger partial charge < -0.3 is 16.2 Å². The van der Waals surface area contributed by atoms with Crippen LogP contribution in [-0.4, -0.2) is 31.6 Å². The number of benzene rings is 1. The first kappa shape index (κ1) is 17.6. The van der Waals surface area contributed by atoms with Crippen molar-refractivity contribution in [3.8, 4) is 0 Å². The van der Waals surface area contributed by atoms with Gasteiger partial charge in [-0.2, -0.15) is 4.98 Å². The van der Waals surface area contributed by atoms with Crippen molar-refractivity contribution in [2.75, 3.05) is 11.1 Å². The summed E-state index contributed by atoms with van der Waals surface area (Å²) in [5, 5.41) is 18.7. The lowest BCUT2D eigenvalue weighted by Gasteiger charge is -2.34. The molecule has 2 aromatic heterocycles. The molecule has 2 atom stereocenters. The van der Waals surface area contributed by atoms with Gasteiger partial charge in [-0.1, -0.05) is 18.2 Å². The lowest BCUT2D eigenvalue weighted by atomic mass is 9.80. The van der Waals surface area contributed by atoms with Crippen LogP contribution in [0.2, 0.25) is 0 Å². The summed E-state index contributed by atoms with van der Waals surface area (Å²) in [6.45, 7) is 0. The number of fused-ring (bicyclic) bond motifs is 1. The van der Waals surface area contributed by atoms with Crippen molar-refractivity contribution in [1.29, 1.82) is 0 Å². The van der Waals surface area contributed by atoms with Gasteiger partial charge >= 0.3 is 5.97 Å². The van der Waals surface area contributed by atoms with Crippen molar-refractivity contribution in [3.63, 3.8) is 0 Å². The summed E-state index contributed by atoms with van der Waals surface area (Å²) in [7, 11) is 0. The minimum absolute atomic E-state index is 0.0455. The first-order valence-corrected chi connectivity index (χ1v) is 10.0. The number of anilines is 2. The zero-order valence-electron chi connectivity index (χ0n) is 15.2. The van der Waals surface area contributed by atoms with E-state index in [1.807, 2.05) is 11.4 Å². The molecule has 146 valence electrons. The van der Waals surface area contributed by atoms with E-state index in [2.05, 4.69) is 21.5 Å². The average molecular weight is 407 g/mol. The maximum atomic E-state index is 13.2. The number of nitrogens with one attached hydrogen (secondary N) is 1. The van der Waals surface area contributed by atoms with E-state index in [4.69, 9.17) is 5.73 Å². The Kier molecular flexibility index (Phi) is 3.99. The molecule has 9 heteroatoms. The molecule has 1 aliphatic heterocycles. The summed E-state index contributed by atoms with van der Waals surface area (Å²) in [4.78, 5) is 29.9. The molecule has 0 saturated carbocycles. The summed E-state index contributed by atoms with van der Waals surface area (Å²) in [5.74, 6) is -0.241. The quantitative estimate of drug-likeness (QED) is 0.610. The third kappa shape index (κ3) is 2.90. The zero-order chi connectivity index (χ0) is 20.1. The Morgan fingerprint density at radius 2 is 2.03 bits per heavy atom. The summed E-state index contributed by atoms with van der Waals surface area (Å²) in [5.41, 5.74) is 8.24. The van der Waals surface area contributed by atoms with Crippen LogP contribution in [0.15, 0.2) is 53.0 Å². The maximum Gasteiger partial charge on any atom is 0.335 e. The molecular formula is C20H17N5O3S. The second kappa shape index (κ2) is 6.56. The Morgan fingerprint density at radius 3 is 2.72 bits per heavy atom. The van der Waals surface area contributed by atoms with Crippen molar-refractivity contribution < 1.29 is 14.7 Å². The number of hydrogen-bond donors (Lipinski definition) is 3. The number of carbonyl (C=O) groups is 2. The summed E-state index contributed by atoms with van der Waals surface area (Å²) in [6, 6.07) is 10.0. The fourth-order valence-electron chi connectivity index (χ4n) is 4.07. The van der Waals surface area contributed by atoms with E-state index in [-0.39, 0.29) is 23.2 Å². The largest absolute Gasteiger partial charge is 0.478 e. The standard InChI is InChI=1S/C20H17N5O3S/c21-19-23-20-22-13-8-12(15-2-1-7-29-15)9-14(26)16(13)17(25(20)24-19)10-3-5-11(6-4-10)18(27)28/h1-7,12,17H,8-9H2,(H,27,28)(H3,21,22,23,24). The number of aromatic nitrogens is 3. The summed E-state index contributed by atoms with van der Waals surface area (Å²) >= 11 is 1.65. The molecule has 0 radical (unpaired) electrons. The van der Waals surface area contributed by atoms with Gasteiger partial charge in [-0.25, -0.2) is 9.48 Å². The monoisotopic (exact) mass is 407 g/mol. The van der Waals surface area contributed by atoms with Gasteiger partial charge in [0.25, 0.3) is 0 Å². The van der Waals surface area contributed by atoms with Gasteiger partial charge in [0, 0.05) is 28.5 Å². The van der Waals surface area contributed by atoms with Crippen LogP contribution in [-0.2, 0) is 4.79 Å². The van der Waals surface area contributed by atoms with E-state index >= 15 is 0 Å². The lowest BCUT2D eigenvalue weighted by molar-refractivity contribution is -0.116. The Balaban J connectivity index is 1.61. The first-order chi connectivity index (χ1) is 14.0. The Morgan fingerprint density at radius 1 is 1.24 bits per heavy atom. The average Bonchev–Trinajstić information content (AvgIpc) is 3.35. The topological polar surface area (TPSA) is 123 Å². The Hall–Kier alpha value is -3.46. The normalized spacial score (nSPS) is 20.8. The molecule has 3 heterocycles. The van der Waals surface area contributed by atoms with Gasteiger partial charge in [-0.05, 0) is 35.6 Å². The third-order valence-electron chi connectivity index (χ3n) is 5.36. The number of rotatable bonds is 3. The highest BCUT2D eigenvalue weighted by molar-refractivity contribution is 7.10. The van der Waals surface area contributed by atoms with Gasteiger partial charge in [0.15, 0.2) is 5.78 Å². The molecule has 29 heavy (non-hydrogen) atoms. The number of nitrogens with zero attached hydrogens (tertiary/aromatic N) is 3. The van der Waals surface area contributed by atoms with E-state index in [9.17, 15) is 14.7 Å². The van der Waals surface area contributed by atoms with Gasteiger partial charge in [0.1, 0.15) is 6.04 Å². The van der Waals surface area contributed by atoms with Crippen molar-refractivity contribution in [1.82, 2.24) is 14.8 Å². The van der Waals surface area contributed by atoms with Crippen LogP contribution in [0.1, 0.15) is 45.6 Å². The van der Waals surface area contributed by atoms with E-state index in [1.54, 1.807) is 28.2 Å². The second-order valence-electron chi connectivity index (χ2n) is 7.13. The number of Topliss-reactive ketones (excluding diaryl/α,β-unsaturated/α-hetero) is 1. The molecule has 4 N–H and O–H groups in total. The molecule has 0 fully saturated rings. The number of nitrogen functional groups attached to an aromatic ring is 1. The fourth-order valence-corrected chi connectivity index (χ4v) is 4.90. The maximum absolute atomic E-state index is 13.2. The zero-order valence-corrected chi connectivity index (χ0v) is 16.0. The number of carbonyl (C=O) groups excluding carboxylic acids is 1. The fraction of sp³-hybridized carbons (Fsp3) is 0.200.